The molecule has 0 radical (unpaired) electrons. The van der Waals surface area contributed by atoms with E-state index in [-0.39, 0.29) is 17.9 Å². The fraction of sp³-hybridized carbons (Fsp3) is 0.130. The molecule has 0 spiro atoms. The Balaban J connectivity index is 1.47. The van der Waals surface area contributed by atoms with Crippen LogP contribution in [0.3, 0.4) is 0 Å². The van der Waals surface area contributed by atoms with Crippen LogP contribution >= 0.6 is 0 Å². The second-order valence-electron chi connectivity index (χ2n) is 6.72. The highest BCUT2D eigenvalue weighted by molar-refractivity contribution is 5.96. The van der Waals surface area contributed by atoms with Gasteiger partial charge in [0.05, 0.1) is 0 Å². The zero-order valence-corrected chi connectivity index (χ0v) is 15.5. The Hall–Kier alpha value is -3.60. The normalized spacial score (nSPS) is 12.0. The van der Waals surface area contributed by atoms with Crippen LogP contribution in [0.1, 0.15) is 27.4 Å². The summed E-state index contributed by atoms with van der Waals surface area (Å²) in [6.45, 7) is 0.495. The van der Waals surface area contributed by atoms with E-state index in [2.05, 4.69) is 40.2 Å². The van der Waals surface area contributed by atoms with Crippen molar-refractivity contribution >= 4 is 17.6 Å². The van der Waals surface area contributed by atoms with Crippen molar-refractivity contribution in [3.8, 4) is 11.1 Å². The monoisotopic (exact) mass is 371 g/mol. The molecule has 1 aliphatic rings. The molecule has 0 aromatic heterocycles. The van der Waals surface area contributed by atoms with Crippen LogP contribution < -0.4 is 16.0 Å². The summed E-state index contributed by atoms with van der Waals surface area (Å²) < 4.78 is 0. The van der Waals surface area contributed by atoms with E-state index in [4.69, 9.17) is 0 Å². The number of carbonyl (C=O) groups is 2. The molecule has 3 N–H and O–H groups in total. The Morgan fingerprint density at radius 1 is 0.857 bits per heavy atom. The highest BCUT2D eigenvalue weighted by atomic mass is 16.2. The number of urea groups is 1. The molecule has 28 heavy (non-hydrogen) atoms. The summed E-state index contributed by atoms with van der Waals surface area (Å²) in [6.07, 6.45) is 0. The van der Waals surface area contributed by atoms with Crippen molar-refractivity contribution in [2.24, 2.45) is 0 Å². The van der Waals surface area contributed by atoms with Crippen molar-refractivity contribution in [1.82, 2.24) is 10.6 Å². The lowest BCUT2D eigenvalue weighted by molar-refractivity contribution is 0.0963. The Morgan fingerprint density at radius 2 is 1.50 bits per heavy atom. The molecule has 0 aliphatic heterocycles. The van der Waals surface area contributed by atoms with Gasteiger partial charge in [-0.2, -0.15) is 0 Å². The smallest absolute Gasteiger partial charge is 0.319 e. The lowest BCUT2D eigenvalue weighted by Crippen LogP contribution is -2.32. The van der Waals surface area contributed by atoms with E-state index in [1.807, 2.05) is 24.3 Å². The number of rotatable bonds is 4. The topological polar surface area (TPSA) is 70.2 Å². The zero-order chi connectivity index (χ0) is 19.5. The first kappa shape index (κ1) is 17.8. The molecule has 0 heterocycles. The van der Waals surface area contributed by atoms with Gasteiger partial charge in [0.15, 0.2) is 0 Å². The van der Waals surface area contributed by atoms with Gasteiger partial charge in [-0.15, -0.1) is 0 Å². The summed E-state index contributed by atoms with van der Waals surface area (Å²) in [6, 6.07) is 23.2. The third kappa shape index (κ3) is 3.34. The first-order chi connectivity index (χ1) is 13.7. The third-order valence-corrected chi connectivity index (χ3v) is 5.04. The van der Waals surface area contributed by atoms with E-state index in [1.165, 1.54) is 22.3 Å². The van der Waals surface area contributed by atoms with Crippen molar-refractivity contribution in [2.45, 2.75) is 5.92 Å². The van der Waals surface area contributed by atoms with E-state index in [1.54, 1.807) is 31.3 Å². The second-order valence-corrected chi connectivity index (χ2v) is 6.72. The third-order valence-electron chi connectivity index (χ3n) is 5.04. The number of amides is 3. The molecule has 0 bridgehead atoms. The average molecular weight is 371 g/mol. The lowest BCUT2D eigenvalue weighted by Gasteiger charge is -2.15. The van der Waals surface area contributed by atoms with Gasteiger partial charge in [0, 0.05) is 30.8 Å². The van der Waals surface area contributed by atoms with E-state index in [9.17, 15) is 9.59 Å². The van der Waals surface area contributed by atoms with Crippen LogP contribution in [0.5, 0.6) is 0 Å². The SMILES string of the molecule is CNC(=O)c1cccc(NC(=O)NCC2c3ccccc3-c3ccccc32)c1. The van der Waals surface area contributed by atoms with Crippen molar-refractivity contribution in [3.63, 3.8) is 0 Å². The van der Waals surface area contributed by atoms with Crippen molar-refractivity contribution in [1.29, 1.82) is 0 Å². The van der Waals surface area contributed by atoms with Gasteiger partial charge in [-0.05, 0) is 40.5 Å². The predicted molar refractivity (Wildman–Crippen MR) is 111 cm³/mol. The number of benzene rings is 3. The van der Waals surface area contributed by atoms with Gasteiger partial charge in [-0.1, -0.05) is 54.6 Å². The molecular formula is C23H21N3O2. The van der Waals surface area contributed by atoms with E-state index >= 15 is 0 Å². The van der Waals surface area contributed by atoms with Gasteiger partial charge in [0.2, 0.25) is 0 Å². The minimum atomic E-state index is -0.295. The number of nitrogens with one attached hydrogen (secondary N) is 3. The van der Waals surface area contributed by atoms with Crippen LogP contribution in [-0.4, -0.2) is 25.5 Å². The van der Waals surface area contributed by atoms with Crippen molar-refractivity contribution in [2.75, 3.05) is 18.9 Å². The molecule has 140 valence electrons. The summed E-state index contributed by atoms with van der Waals surface area (Å²) in [7, 11) is 1.58. The molecule has 1 aliphatic carbocycles. The molecule has 5 heteroatoms. The lowest BCUT2D eigenvalue weighted by atomic mass is 9.97. The fourth-order valence-electron chi connectivity index (χ4n) is 3.73. The molecular weight excluding hydrogens is 350 g/mol. The Morgan fingerprint density at radius 3 is 2.14 bits per heavy atom. The number of carbonyl (C=O) groups excluding carboxylic acids is 2. The van der Waals surface area contributed by atoms with Gasteiger partial charge in [-0.3, -0.25) is 4.79 Å². The molecule has 3 aromatic carbocycles. The number of hydrogen-bond acceptors (Lipinski definition) is 2. The molecule has 4 rings (SSSR count). The maximum absolute atomic E-state index is 12.4. The van der Waals surface area contributed by atoms with Gasteiger partial charge < -0.3 is 16.0 Å². The first-order valence-corrected chi connectivity index (χ1v) is 9.22. The molecule has 0 saturated heterocycles. The van der Waals surface area contributed by atoms with Crippen LogP contribution in [0.25, 0.3) is 11.1 Å². The van der Waals surface area contributed by atoms with Gasteiger partial charge in [0.1, 0.15) is 0 Å². The first-order valence-electron chi connectivity index (χ1n) is 9.22. The van der Waals surface area contributed by atoms with Gasteiger partial charge >= 0.3 is 6.03 Å². The number of anilines is 1. The minimum absolute atomic E-state index is 0.121. The zero-order valence-electron chi connectivity index (χ0n) is 15.5. The van der Waals surface area contributed by atoms with E-state index in [0.29, 0.717) is 17.8 Å². The quantitative estimate of drug-likeness (QED) is 0.649. The van der Waals surface area contributed by atoms with Crippen LogP contribution in [0, 0.1) is 0 Å². The molecule has 5 nitrogen and oxygen atoms in total. The Labute approximate surface area is 163 Å². The van der Waals surface area contributed by atoms with Crippen molar-refractivity contribution < 1.29 is 9.59 Å². The molecule has 0 fully saturated rings. The van der Waals surface area contributed by atoms with Crippen LogP contribution in [0.2, 0.25) is 0 Å². The molecule has 3 amide bonds. The highest BCUT2D eigenvalue weighted by Gasteiger charge is 2.28. The predicted octanol–water partition coefficient (Wildman–Crippen LogP) is 3.98. The summed E-state index contributed by atoms with van der Waals surface area (Å²) in [4.78, 5) is 24.2. The van der Waals surface area contributed by atoms with Crippen LogP contribution in [0.4, 0.5) is 10.5 Å². The molecule has 0 unspecified atom stereocenters. The maximum Gasteiger partial charge on any atom is 0.319 e. The summed E-state index contributed by atoms with van der Waals surface area (Å²) >= 11 is 0. The fourth-order valence-corrected chi connectivity index (χ4v) is 3.73. The highest BCUT2D eigenvalue weighted by Crippen LogP contribution is 2.44. The second kappa shape index (κ2) is 7.56. The number of hydrogen-bond donors (Lipinski definition) is 3. The molecule has 0 saturated carbocycles. The Kier molecular flexibility index (Phi) is 4.81. The minimum Gasteiger partial charge on any atom is -0.355 e. The average Bonchev–Trinajstić information content (AvgIpc) is 3.06. The van der Waals surface area contributed by atoms with E-state index in [0.717, 1.165) is 0 Å². The van der Waals surface area contributed by atoms with Crippen molar-refractivity contribution in [3.05, 3.63) is 89.5 Å². The van der Waals surface area contributed by atoms with Crippen LogP contribution in [0.15, 0.2) is 72.8 Å². The summed E-state index contributed by atoms with van der Waals surface area (Å²) in [5, 5.41) is 8.35. The van der Waals surface area contributed by atoms with E-state index < -0.39 is 0 Å². The summed E-state index contributed by atoms with van der Waals surface area (Å²) in [5.41, 5.74) is 5.98. The largest absolute Gasteiger partial charge is 0.355 e. The van der Waals surface area contributed by atoms with Crippen LogP contribution in [-0.2, 0) is 0 Å². The van der Waals surface area contributed by atoms with Gasteiger partial charge in [0.25, 0.3) is 5.91 Å². The molecule has 0 atom stereocenters. The molecule has 3 aromatic rings. The Bertz CT molecular complexity index is 1000. The number of fused-ring (bicyclic) bond motifs is 3. The standard InChI is InChI=1S/C23H21N3O2/c1-24-22(27)15-7-6-8-16(13-15)26-23(28)25-14-21-19-11-4-2-9-17(19)18-10-3-5-12-20(18)21/h2-13,21H,14H2,1H3,(H,24,27)(H2,25,26,28). The maximum atomic E-state index is 12.4. The summed E-state index contributed by atoms with van der Waals surface area (Å²) in [5.74, 6) is -0.0708. The van der Waals surface area contributed by atoms with Gasteiger partial charge in [-0.25, -0.2) is 4.79 Å².